The number of unbranched alkanes of at least 4 members (excludes halogenated alkanes) is 1. The van der Waals surface area contributed by atoms with Crippen LogP contribution in [0.4, 0.5) is 10.5 Å². The molecular weight excluding hydrogens is 544 g/mol. The van der Waals surface area contributed by atoms with Crippen molar-refractivity contribution in [2.45, 2.75) is 84.9 Å². The van der Waals surface area contributed by atoms with Gasteiger partial charge >= 0.3 is 6.09 Å². The summed E-state index contributed by atoms with van der Waals surface area (Å²) in [6, 6.07) is 17.1. The Morgan fingerprint density at radius 2 is 1.65 bits per heavy atom. The summed E-state index contributed by atoms with van der Waals surface area (Å²) < 4.78 is 5.41. The second-order valence-corrected chi connectivity index (χ2v) is 11.9. The lowest BCUT2D eigenvalue weighted by Crippen LogP contribution is -2.53. The van der Waals surface area contributed by atoms with E-state index >= 15 is 0 Å². The van der Waals surface area contributed by atoms with Crippen LogP contribution >= 0.6 is 0 Å². The lowest BCUT2D eigenvalue weighted by atomic mass is 9.95. The molecule has 230 valence electrons. The average molecular weight is 589 g/mol. The number of fused-ring (bicyclic) bond motifs is 1. The van der Waals surface area contributed by atoms with Crippen LogP contribution in [0.15, 0.2) is 60.7 Å². The van der Waals surface area contributed by atoms with E-state index in [0.717, 1.165) is 28.3 Å². The molecule has 3 aromatic rings. The summed E-state index contributed by atoms with van der Waals surface area (Å²) in [7, 11) is 0. The van der Waals surface area contributed by atoms with Crippen molar-refractivity contribution in [2.24, 2.45) is 5.73 Å². The zero-order chi connectivity index (χ0) is 31.7. The Morgan fingerprint density at radius 3 is 2.30 bits per heavy atom. The average Bonchev–Trinajstić information content (AvgIpc) is 2.93. The van der Waals surface area contributed by atoms with E-state index in [1.807, 2.05) is 81.4 Å². The molecule has 43 heavy (non-hydrogen) atoms. The number of nitrogens with zero attached hydrogens (tertiary/aromatic N) is 1. The molecule has 0 saturated carbocycles. The number of carbonyl (C=O) groups excluding carboxylic acids is 4. The van der Waals surface area contributed by atoms with Crippen molar-refractivity contribution < 1.29 is 23.9 Å². The molecule has 3 aromatic carbocycles. The SMILES string of the molecule is CCCCN(C(=O)C(CCC(N)=O)NC(=O)OC(C)(C)C)C(C(=O)Nc1ccc2ccccc2c1)c1cc(C)ccc1C. The van der Waals surface area contributed by atoms with Gasteiger partial charge in [0.2, 0.25) is 11.8 Å². The molecule has 0 aromatic heterocycles. The van der Waals surface area contributed by atoms with Gasteiger partial charge in [-0.05, 0) is 81.5 Å². The van der Waals surface area contributed by atoms with Crippen molar-refractivity contribution in [2.75, 3.05) is 11.9 Å². The predicted molar refractivity (Wildman–Crippen MR) is 169 cm³/mol. The number of benzene rings is 3. The Morgan fingerprint density at radius 1 is 0.953 bits per heavy atom. The molecule has 3 rings (SSSR count). The highest BCUT2D eigenvalue weighted by atomic mass is 16.6. The van der Waals surface area contributed by atoms with Gasteiger partial charge in [0.05, 0.1) is 0 Å². The lowest BCUT2D eigenvalue weighted by molar-refractivity contribution is -0.141. The maximum Gasteiger partial charge on any atom is 0.408 e. The number of primary amides is 1. The van der Waals surface area contributed by atoms with Crippen LogP contribution in [0.2, 0.25) is 0 Å². The topological polar surface area (TPSA) is 131 Å². The zero-order valence-corrected chi connectivity index (χ0v) is 26.0. The normalized spacial score (nSPS) is 12.7. The molecule has 0 saturated heterocycles. The lowest BCUT2D eigenvalue weighted by Gasteiger charge is -2.35. The molecule has 0 spiro atoms. The maximum atomic E-state index is 14.3. The predicted octanol–water partition coefficient (Wildman–Crippen LogP) is 5.92. The molecule has 4 amide bonds. The summed E-state index contributed by atoms with van der Waals surface area (Å²) in [6.45, 7) is 11.2. The first-order valence-electron chi connectivity index (χ1n) is 14.7. The van der Waals surface area contributed by atoms with Gasteiger partial charge in [0.25, 0.3) is 5.91 Å². The van der Waals surface area contributed by atoms with Crippen LogP contribution in [0.5, 0.6) is 0 Å². The van der Waals surface area contributed by atoms with E-state index in [4.69, 9.17) is 10.5 Å². The van der Waals surface area contributed by atoms with Crippen LogP contribution in [0, 0.1) is 13.8 Å². The van der Waals surface area contributed by atoms with Crippen LogP contribution < -0.4 is 16.4 Å². The fraction of sp³-hybridized carbons (Fsp3) is 0.412. The fourth-order valence-electron chi connectivity index (χ4n) is 4.87. The van der Waals surface area contributed by atoms with E-state index in [-0.39, 0.29) is 25.3 Å². The zero-order valence-electron chi connectivity index (χ0n) is 26.0. The van der Waals surface area contributed by atoms with Crippen molar-refractivity contribution >= 4 is 40.3 Å². The molecule has 2 unspecified atom stereocenters. The van der Waals surface area contributed by atoms with Crippen molar-refractivity contribution in [1.29, 1.82) is 0 Å². The molecule has 0 aliphatic heterocycles. The molecule has 0 fully saturated rings. The molecule has 9 heteroatoms. The maximum absolute atomic E-state index is 14.3. The number of alkyl carbamates (subject to hydrolysis) is 1. The van der Waals surface area contributed by atoms with Crippen LogP contribution in [0.1, 0.15) is 76.1 Å². The third-order valence-corrected chi connectivity index (χ3v) is 7.01. The smallest absolute Gasteiger partial charge is 0.408 e. The van der Waals surface area contributed by atoms with Crippen molar-refractivity contribution in [3.05, 3.63) is 77.4 Å². The Hall–Kier alpha value is -4.40. The standard InChI is InChI=1S/C34H44N4O5/c1-7-8-19-38(32(41)28(17-18-29(35)39)37-33(42)43-34(4,5)6)30(27-20-22(2)13-14-23(27)3)31(40)36-26-16-15-24-11-9-10-12-25(24)21-26/h9-16,20-21,28,30H,7-8,17-19H2,1-6H3,(H2,35,39)(H,36,40)(H,37,42). The Balaban J connectivity index is 2.07. The quantitative estimate of drug-likeness (QED) is 0.242. The second-order valence-electron chi connectivity index (χ2n) is 11.9. The number of ether oxygens (including phenoxy) is 1. The molecule has 0 radical (unpaired) electrons. The van der Waals surface area contributed by atoms with Crippen molar-refractivity contribution in [3.63, 3.8) is 0 Å². The molecule has 0 aliphatic rings. The van der Waals surface area contributed by atoms with Gasteiger partial charge in [-0.3, -0.25) is 14.4 Å². The van der Waals surface area contributed by atoms with E-state index in [1.165, 1.54) is 4.90 Å². The van der Waals surface area contributed by atoms with Gasteiger partial charge in [-0.1, -0.05) is 67.4 Å². The number of rotatable bonds is 12. The van der Waals surface area contributed by atoms with Gasteiger partial charge < -0.3 is 26.0 Å². The van der Waals surface area contributed by atoms with E-state index < -0.39 is 35.6 Å². The second kappa shape index (κ2) is 14.7. The van der Waals surface area contributed by atoms with Crippen LogP contribution in [0.3, 0.4) is 0 Å². The van der Waals surface area contributed by atoms with Gasteiger partial charge in [0, 0.05) is 18.7 Å². The summed E-state index contributed by atoms with van der Waals surface area (Å²) in [4.78, 5) is 54.6. The van der Waals surface area contributed by atoms with Gasteiger partial charge in [0.15, 0.2) is 0 Å². The van der Waals surface area contributed by atoms with E-state index in [1.54, 1.807) is 20.8 Å². The number of aryl methyl sites for hydroxylation is 2. The minimum absolute atomic E-state index is 0.0398. The Labute approximate surface area is 254 Å². The minimum Gasteiger partial charge on any atom is -0.444 e. The van der Waals surface area contributed by atoms with Gasteiger partial charge in [-0.2, -0.15) is 0 Å². The Kier molecular flexibility index (Phi) is 11.3. The van der Waals surface area contributed by atoms with Gasteiger partial charge in [0.1, 0.15) is 17.7 Å². The van der Waals surface area contributed by atoms with Crippen LogP contribution in [0.25, 0.3) is 10.8 Å². The van der Waals surface area contributed by atoms with Gasteiger partial charge in [-0.25, -0.2) is 4.79 Å². The highest BCUT2D eigenvalue weighted by Gasteiger charge is 2.37. The number of amides is 4. The number of carbonyl (C=O) groups is 4. The van der Waals surface area contributed by atoms with Crippen molar-refractivity contribution in [1.82, 2.24) is 10.2 Å². The summed E-state index contributed by atoms with van der Waals surface area (Å²) in [5.41, 5.74) is 7.66. The number of hydrogen-bond donors (Lipinski definition) is 3. The van der Waals surface area contributed by atoms with Gasteiger partial charge in [-0.15, -0.1) is 0 Å². The van der Waals surface area contributed by atoms with E-state index in [2.05, 4.69) is 10.6 Å². The first kappa shape index (κ1) is 33.1. The summed E-state index contributed by atoms with van der Waals surface area (Å²) >= 11 is 0. The Bertz CT molecular complexity index is 1460. The van der Waals surface area contributed by atoms with E-state index in [9.17, 15) is 19.2 Å². The first-order valence-corrected chi connectivity index (χ1v) is 14.7. The molecule has 4 N–H and O–H groups in total. The molecule has 0 bridgehead atoms. The summed E-state index contributed by atoms with van der Waals surface area (Å²) in [6.07, 6.45) is 0.411. The van der Waals surface area contributed by atoms with Crippen LogP contribution in [-0.2, 0) is 19.1 Å². The first-order chi connectivity index (χ1) is 20.3. The number of nitrogens with two attached hydrogens (primary N) is 1. The third-order valence-electron chi connectivity index (χ3n) is 7.01. The fourth-order valence-corrected chi connectivity index (χ4v) is 4.87. The molecule has 9 nitrogen and oxygen atoms in total. The minimum atomic E-state index is -1.14. The van der Waals surface area contributed by atoms with E-state index in [0.29, 0.717) is 17.7 Å². The molecule has 0 aliphatic carbocycles. The van der Waals surface area contributed by atoms with Crippen molar-refractivity contribution in [3.8, 4) is 0 Å². The molecule has 0 heterocycles. The molecular formula is C34H44N4O5. The number of anilines is 1. The summed E-state index contributed by atoms with van der Waals surface area (Å²) in [5, 5.41) is 7.67. The largest absolute Gasteiger partial charge is 0.444 e. The molecule has 2 atom stereocenters. The number of nitrogens with one attached hydrogen (secondary N) is 2. The summed E-state index contributed by atoms with van der Waals surface area (Å²) in [5.74, 6) is -1.50. The third kappa shape index (κ3) is 9.56. The van der Waals surface area contributed by atoms with Crippen LogP contribution in [-0.4, -0.2) is 46.9 Å². The monoisotopic (exact) mass is 588 g/mol. The number of hydrogen-bond acceptors (Lipinski definition) is 5. The highest BCUT2D eigenvalue weighted by molar-refractivity contribution is 6.00. The highest BCUT2D eigenvalue weighted by Crippen LogP contribution is 2.29.